The fourth-order valence-electron chi connectivity index (χ4n) is 2.11. The van der Waals surface area contributed by atoms with Crippen molar-refractivity contribution >= 4 is 12.6 Å². The van der Waals surface area contributed by atoms with Gasteiger partial charge in [0.25, 0.3) is 0 Å². The van der Waals surface area contributed by atoms with E-state index in [9.17, 15) is 0 Å². The summed E-state index contributed by atoms with van der Waals surface area (Å²) in [5.41, 5.74) is 0.932. The molecule has 6 nitrogen and oxygen atoms in total. The summed E-state index contributed by atoms with van der Waals surface area (Å²) in [6.07, 6.45) is 3.41. The van der Waals surface area contributed by atoms with Crippen LogP contribution in [0.2, 0.25) is 0 Å². The summed E-state index contributed by atoms with van der Waals surface area (Å²) in [5, 5.41) is 4.23. The molecule has 7 heteroatoms. The first-order valence-electron chi connectivity index (χ1n) is 6.96. The van der Waals surface area contributed by atoms with E-state index >= 15 is 0 Å². The predicted molar refractivity (Wildman–Crippen MR) is 80.0 cm³/mol. The van der Waals surface area contributed by atoms with Gasteiger partial charge in [-0.25, -0.2) is 4.98 Å². The summed E-state index contributed by atoms with van der Waals surface area (Å²) in [6, 6.07) is 3.83. The molecule has 1 aliphatic heterocycles. The lowest BCUT2D eigenvalue weighted by molar-refractivity contribution is 0.00578. The highest BCUT2D eigenvalue weighted by Gasteiger charge is 2.51. The average Bonchev–Trinajstić information content (AvgIpc) is 2.92. The Bertz CT molecular complexity index is 635. The quantitative estimate of drug-likeness (QED) is 0.776. The van der Waals surface area contributed by atoms with Crippen LogP contribution in [0.1, 0.15) is 27.7 Å². The van der Waals surface area contributed by atoms with Crippen molar-refractivity contribution in [3.63, 3.8) is 0 Å². The maximum atomic E-state index is 6.00. The van der Waals surface area contributed by atoms with Crippen LogP contribution in [0.5, 0.6) is 0 Å². The largest absolute Gasteiger partial charge is 0.496 e. The first kappa shape index (κ1) is 14.2. The molecule has 0 aliphatic carbocycles. The summed E-state index contributed by atoms with van der Waals surface area (Å²) in [6.45, 7) is 8.14. The van der Waals surface area contributed by atoms with E-state index in [1.165, 1.54) is 0 Å². The number of pyridine rings is 1. The minimum atomic E-state index is -0.395. The number of aryl methyl sites for hydroxylation is 1. The Balaban J connectivity index is 1.83. The third-order valence-corrected chi connectivity index (χ3v) is 4.14. The van der Waals surface area contributed by atoms with E-state index in [4.69, 9.17) is 9.31 Å². The molecular formula is C14H19BN4O2. The second-order valence-electron chi connectivity index (χ2n) is 6.31. The molecule has 1 aliphatic rings. The van der Waals surface area contributed by atoms with Gasteiger partial charge in [-0.2, -0.15) is 0 Å². The molecule has 0 bridgehead atoms. The Morgan fingerprint density at radius 1 is 1.05 bits per heavy atom. The lowest BCUT2D eigenvalue weighted by Gasteiger charge is -2.32. The van der Waals surface area contributed by atoms with Crippen LogP contribution in [0.3, 0.4) is 0 Å². The van der Waals surface area contributed by atoms with Crippen LogP contribution >= 0.6 is 0 Å². The van der Waals surface area contributed by atoms with Crippen molar-refractivity contribution in [1.29, 1.82) is 0 Å². The van der Waals surface area contributed by atoms with Gasteiger partial charge in [-0.05, 0) is 33.8 Å². The van der Waals surface area contributed by atoms with Crippen LogP contribution in [0, 0.1) is 0 Å². The van der Waals surface area contributed by atoms with Crippen molar-refractivity contribution in [3.05, 3.63) is 24.7 Å². The lowest BCUT2D eigenvalue weighted by Crippen LogP contribution is -2.41. The highest BCUT2D eigenvalue weighted by Crippen LogP contribution is 2.36. The smallest absolute Gasteiger partial charge is 0.399 e. The fraction of sp³-hybridized carbons (Fsp3) is 0.500. The Morgan fingerprint density at radius 3 is 2.19 bits per heavy atom. The zero-order valence-electron chi connectivity index (χ0n) is 13.0. The summed E-state index contributed by atoms with van der Waals surface area (Å²) in [7, 11) is 1.43. The van der Waals surface area contributed by atoms with E-state index in [0.29, 0.717) is 5.82 Å². The van der Waals surface area contributed by atoms with Gasteiger partial charge in [-0.15, -0.1) is 5.10 Å². The molecule has 3 rings (SSSR count). The Labute approximate surface area is 124 Å². The molecular weight excluding hydrogens is 267 g/mol. The van der Waals surface area contributed by atoms with Crippen molar-refractivity contribution in [2.45, 2.75) is 38.9 Å². The third-order valence-electron chi connectivity index (χ3n) is 4.14. The molecule has 0 saturated carbocycles. The number of hydrogen-bond donors (Lipinski definition) is 0. The fourth-order valence-corrected chi connectivity index (χ4v) is 2.11. The molecule has 0 radical (unpaired) electrons. The molecule has 0 spiro atoms. The van der Waals surface area contributed by atoms with Crippen LogP contribution in [0.25, 0.3) is 11.5 Å². The van der Waals surface area contributed by atoms with E-state index in [1.807, 2.05) is 46.9 Å². The molecule has 0 amide bonds. The number of rotatable bonds is 2. The second kappa shape index (κ2) is 4.64. The van der Waals surface area contributed by atoms with Gasteiger partial charge in [0.15, 0.2) is 5.82 Å². The van der Waals surface area contributed by atoms with Crippen LogP contribution < -0.4 is 5.46 Å². The Morgan fingerprint density at radius 2 is 1.71 bits per heavy atom. The van der Waals surface area contributed by atoms with Crippen LogP contribution in [0.4, 0.5) is 0 Å². The zero-order valence-corrected chi connectivity index (χ0v) is 13.0. The minimum absolute atomic E-state index is 0.348. The van der Waals surface area contributed by atoms with Gasteiger partial charge in [0.2, 0.25) is 0 Å². The molecule has 2 aromatic heterocycles. The van der Waals surface area contributed by atoms with Crippen LogP contribution in [-0.2, 0) is 16.4 Å². The van der Waals surface area contributed by atoms with Crippen molar-refractivity contribution < 1.29 is 9.31 Å². The standard InChI is InChI=1S/C14H19BN4O2/c1-13(2)14(3,4)21-15(20-13)10-6-7-11(16-8-10)12-17-9-19(5)18-12/h6-9H,1-5H3. The van der Waals surface area contributed by atoms with E-state index in [1.54, 1.807) is 17.2 Å². The molecule has 0 N–H and O–H groups in total. The SMILES string of the molecule is Cn1cnc(-c2ccc(B3OC(C)(C)C(C)(C)O3)cn2)n1. The molecule has 0 aromatic carbocycles. The Hall–Kier alpha value is -1.73. The van der Waals surface area contributed by atoms with Gasteiger partial charge in [0, 0.05) is 18.7 Å². The van der Waals surface area contributed by atoms with Crippen LogP contribution in [-0.4, -0.2) is 38.1 Å². The first-order chi connectivity index (χ1) is 9.78. The van der Waals surface area contributed by atoms with E-state index in [2.05, 4.69) is 15.1 Å². The molecule has 3 heterocycles. The summed E-state index contributed by atoms with van der Waals surface area (Å²) >= 11 is 0. The molecule has 2 aromatic rings. The Kier molecular flexibility index (Phi) is 3.14. The molecule has 110 valence electrons. The van der Waals surface area contributed by atoms with Crippen molar-refractivity contribution in [3.8, 4) is 11.5 Å². The normalized spacial score (nSPS) is 20.0. The zero-order chi connectivity index (χ0) is 15.3. The number of aromatic nitrogens is 4. The third kappa shape index (κ3) is 2.47. The van der Waals surface area contributed by atoms with Gasteiger partial charge in [0.1, 0.15) is 12.0 Å². The van der Waals surface area contributed by atoms with E-state index in [0.717, 1.165) is 11.2 Å². The van der Waals surface area contributed by atoms with Gasteiger partial charge in [-0.1, -0.05) is 6.07 Å². The number of hydrogen-bond acceptors (Lipinski definition) is 5. The van der Waals surface area contributed by atoms with Gasteiger partial charge in [-0.3, -0.25) is 9.67 Å². The van der Waals surface area contributed by atoms with Crippen molar-refractivity contribution in [2.75, 3.05) is 0 Å². The van der Waals surface area contributed by atoms with Crippen molar-refractivity contribution in [2.24, 2.45) is 7.05 Å². The monoisotopic (exact) mass is 286 g/mol. The maximum Gasteiger partial charge on any atom is 0.496 e. The molecule has 0 unspecified atom stereocenters. The van der Waals surface area contributed by atoms with E-state index in [-0.39, 0.29) is 11.2 Å². The lowest BCUT2D eigenvalue weighted by atomic mass is 9.80. The molecule has 1 fully saturated rings. The number of nitrogens with zero attached hydrogens (tertiary/aromatic N) is 4. The summed E-state index contributed by atoms with van der Waals surface area (Å²) < 4.78 is 13.7. The molecule has 21 heavy (non-hydrogen) atoms. The van der Waals surface area contributed by atoms with Gasteiger partial charge in [0.05, 0.1) is 11.2 Å². The molecule has 0 atom stereocenters. The molecule has 1 saturated heterocycles. The van der Waals surface area contributed by atoms with Crippen LogP contribution in [0.15, 0.2) is 24.7 Å². The first-order valence-corrected chi connectivity index (χ1v) is 6.96. The van der Waals surface area contributed by atoms with Gasteiger partial charge >= 0.3 is 7.12 Å². The summed E-state index contributed by atoms with van der Waals surface area (Å²) in [4.78, 5) is 8.59. The average molecular weight is 286 g/mol. The van der Waals surface area contributed by atoms with Crippen molar-refractivity contribution in [1.82, 2.24) is 19.7 Å². The topological polar surface area (TPSA) is 62.1 Å². The van der Waals surface area contributed by atoms with E-state index < -0.39 is 7.12 Å². The summed E-state index contributed by atoms with van der Waals surface area (Å²) in [5.74, 6) is 0.609. The highest BCUT2D eigenvalue weighted by atomic mass is 16.7. The second-order valence-corrected chi connectivity index (χ2v) is 6.31. The van der Waals surface area contributed by atoms with Gasteiger partial charge < -0.3 is 9.31 Å². The maximum absolute atomic E-state index is 6.00. The predicted octanol–water partition coefficient (Wildman–Crippen LogP) is 1.18. The highest BCUT2D eigenvalue weighted by molar-refractivity contribution is 6.62. The minimum Gasteiger partial charge on any atom is -0.399 e.